The molecule has 0 spiro atoms. The molecule has 1 amide bonds. The quantitative estimate of drug-likeness (QED) is 0.887. The molecule has 22 heavy (non-hydrogen) atoms. The van der Waals surface area contributed by atoms with Crippen LogP contribution in [0, 0.1) is 0 Å². The summed E-state index contributed by atoms with van der Waals surface area (Å²) in [5, 5.41) is 3.92. The van der Waals surface area contributed by atoms with E-state index >= 15 is 0 Å². The molecule has 1 aliphatic heterocycles. The van der Waals surface area contributed by atoms with Gasteiger partial charge in [-0.05, 0) is 33.3 Å². The number of hydrogen-bond donors (Lipinski definition) is 2. The second-order valence-electron chi connectivity index (χ2n) is 6.52. The molecule has 7 nitrogen and oxygen atoms in total. The number of fused-ring (bicyclic) bond motifs is 1. The number of H-pyrrole nitrogens is 1. The predicted octanol–water partition coefficient (Wildman–Crippen LogP) is 2.06. The van der Waals surface area contributed by atoms with Crippen molar-refractivity contribution in [2.45, 2.75) is 38.8 Å². The Morgan fingerprint density at radius 1 is 1.45 bits per heavy atom. The van der Waals surface area contributed by atoms with Crippen LogP contribution in [0.2, 0.25) is 0 Å². The monoisotopic (exact) mass is 303 g/mol. The minimum absolute atomic E-state index is 0.0683. The number of nitrogens with zero attached hydrogens (tertiary/aromatic N) is 3. The van der Waals surface area contributed by atoms with Crippen LogP contribution < -0.4 is 10.2 Å². The molecule has 1 saturated heterocycles. The molecule has 2 N–H and O–H groups in total. The van der Waals surface area contributed by atoms with Crippen LogP contribution in [0.15, 0.2) is 18.6 Å². The van der Waals surface area contributed by atoms with Crippen molar-refractivity contribution in [2.75, 3.05) is 18.0 Å². The van der Waals surface area contributed by atoms with Gasteiger partial charge in [-0.25, -0.2) is 14.8 Å². The molecule has 1 aliphatic rings. The molecule has 3 heterocycles. The SMILES string of the molecule is CC(C)(C)OC(=O)NC1CCN(c2ncnc3[nH]ccc23)C1. The molecule has 2 aromatic heterocycles. The smallest absolute Gasteiger partial charge is 0.407 e. The third kappa shape index (κ3) is 3.13. The van der Waals surface area contributed by atoms with Gasteiger partial charge in [0.2, 0.25) is 0 Å². The van der Waals surface area contributed by atoms with E-state index in [-0.39, 0.29) is 12.1 Å². The number of hydrogen-bond acceptors (Lipinski definition) is 5. The van der Waals surface area contributed by atoms with E-state index in [1.807, 2.05) is 33.0 Å². The van der Waals surface area contributed by atoms with Gasteiger partial charge >= 0.3 is 6.09 Å². The lowest BCUT2D eigenvalue weighted by Crippen LogP contribution is -2.40. The van der Waals surface area contributed by atoms with Gasteiger partial charge in [-0.3, -0.25) is 0 Å². The van der Waals surface area contributed by atoms with E-state index in [4.69, 9.17) is 4.74 Å². The Hall–Kier alpha value is -2.31. The summed E-state index contributed by atoms with van der Waals surface area (Å²) in [7, 11) is 0. The van der Waals surface area contributed by atoms with Gasteiger partial charge in [0.25, 0.3) is 0 Å². The molecule has 1 unspecified atom stereocenters. The zero-order chi connectivity index (χ0) is 15.7. The lowest BCUT2D eigenvalue weighted by molar-refractivity contribution is 0.0509. The van der Waals surface area contributed by atoms with Crippen molar-refractivity contribution in [1.29, 1.82) is 0 Å². The Morgan fingerprint density at radius 3 is 3.05 bits per heavy atom. The highest BCUT2D eigenvalue weighted by molar-refractivity contribution is 5.87. The maximum atomic E-state index is 11.8. The van der Waals surface area contributed by atoms with E-state index in [1.54, 1.807) is 6.33 Å². The highest BCUT2D eigenvalue weighted by Gasteiger charge is 2.27. The number of anilines is 1. The summed E-state index contributed by atoms with van der Waals surface area (Å²) in [5.41, 5.74) is 0.348. The Balaban J connectivity index is 1.65. The number of alkyl carbamates (subject to hydrolysis) is 1. The third-order valence-corrected chi connectivity index (χ3v) is 3.54. The van der Waals surface area contributed by atoms with Gasteiger partial charge in [0.15, 0.2) is 0 Å². The molecular weight excluding hydrogens is 282 g/mol. The maximum Gasteiger partial charge on any atom is 0.407 e. The van der Waals surface area contributed by atoms with Gasteiger partial charge in [0, 0.05) is 19.3 Å². The number of ether oxygens (including phenoxy) is 1. The molecule has 7 heteroatoms. The summed E-state index contributed by atoms with van der Waals surface area (Å²) >= 11 is 0. The van der Waals surface area contributed by atoms with Crippen molar-refractivity contribution >= 4 is 22.9 Å². The van der Waals surface area contributed by atoms with E-state index in [1.165, 1.54) is 0 Å². The van der Waals surface area contributed by atoms with Gasteiger partial charge in [-0.15, -0.1) is 0 Å². The van der Waals surface area contributed by atoms with Crippen LogP contribution in [-0.2, 0) is 4.74 Å². The zero-order valence-corrected chi connectivity index (χ0v) is 13.1. The van der Waals surface area contributed by atoms with Crippen molar-refractivity contribution in [3.63, 3.8) is 0 Å². The van der Waals surface area contributed by atoms with E-state index in [0.29, 0.717) is 0 Å². The number of carbonyl (C=O) groups excluding carboxylic acids is 1. The average molecular weight is 303 g/mol. The number of nitrogens with one attached hydrogen (secondary N) is 2. The molecule has 2 aromatic rings. The molecule has 3 rings (SSSR count). The van der Waals surface area contributed by atoms with Crippen molar-refractivity contribution in [2.24, 2.45) is 0 Å². The van der Waals surface area contributed by atoms with Crippen molar-refractivity contribution in [1.82, 2.24) is 20.3 Å². The number of carbonyl (C=O) groups is 1. The Labute approximate surface area is 129 Å². The second-order valence-corrected chi connectivity index (χ2v) is 6.52. The van der Waals surface area contributed by atoms with Crippen molar-refractivity contribution in [3.05, 3.63) is 18.6 Å². The number of amides is 1. The molecule has 0 saturated carbocycles. The topological polar surface area (TPSA) is 83.1 Å². The summed E-state index contributed by atoms with van der Waals surface area (Å²) in [6.07, 6.45) is 3.92. The van der Waals surface area contributed by atoms with Gasteiger partial charge in [-0.1, -0.05) is 0 Å². The molecule has 0 aromatic carbocycles. The normalized spacial score (nSPS) is 18.7. The largest absolute Gasteiger partial charge is 0.444 e. The van der Waals surface area contributed by atoms with Crippen LogP contribution in [0.4, 0.5) is 10.6 Å². The van der Waals surface area contributed by atoms with Gasteiger partial charge in [0.05, 0.1) is 11.4 Å². The second kappa shape index (κ2) is 5.47. The first-order chi connectivity index (χ1) is 10.4. The maximum absolute atomic E-state index is 11.8. The lowest BCUT2D eigenvalue weighted by atomic mass is 10.2. The van der Waals surface area contributed by atoms with Crippen LogP contribution in [-0.4, -0.2) is 45.8 Å². The fraction of sp³-hybridized carbons (Fsp3) is 0.533. The third-order valence-electron chi connectivity index (χ3n) is 3.54. The van der Waals surface area contributed by atoms with E-state index < -0.39 is 5.60 Å². The van der Waals surface area contributed by atoms with Crippen LogP contribution in [0.1, 0.15) is 27.2 Å². The number of aromatic nitrogens is 3. The Bertz CT molecular complexity index is 676. The summed E-state index contributed by atoms with van der Waals surface area (Å²) < 4.78 is 5.30. The molecule has 0 radical (unpaired) electrons. The predicted molar refractivity (Wildman–Crippen MR) is 83.9 cm³/mol. The van der Waals surface area contributed by atoms with Gasteiger partial charge in [0.1, 0.15) is 23.4 Å². The molecular formula is C15H21N5O2. The van der Waals surface area contributed by atoms with Gasteiger partial charge < -0.3 is 19.9 Å². The van der Waals surface area contributed by atoms with Crippen LogP contribution in [0.25, 0.3) is 11.0 Å². The molecule has 118 valence electrons. The standard InChI is InChI=1S/C15H21N5O2/c1-15(2,3)22-14(21)19-10-5-7-20(8-10)13-11-4-6-16-12(11)17-9-18-13/h4,6,9-10H,5,7-8H2,1-3H3,(H,19,21)(H,16,17,18). The van der Waals surface area contributed by atoms with Crippen molar-refractivity contribution < 1.29 is 9.53 Å². The Kier molecular flexibility index (Phi) is 3.64. The molecule has 0 aliphatic carbocycles. The Morgan fingerprint density at radius 2 is 2.27 bits per heavy atom. The lowest BCUT2D eigenvalue weighted by Gasteiger charge is -2.22. The van der Waals surface area contributed by atoms with E-state index in [2.05, 4.69) is 25.2 Å². The summed E-state index contributed by atoms with van der Waals surface area (Å²) in [6.45, 7) is 7.14. The molecule has 1 fully saturated rings. The fourth-order valence-electron chi connectivity index (χ4n) is 2.66. The minimum Gasteiger partial charge on any atom is -0.444 e. The van der Waals surface area contributed by atoms with Crippen LogP contribution in [0.5, 0.6) is 0 Å². The molecule has 0 bridgehead atoms. The van der Waals surface area contributed by atoms with Crippen LogP contribution >= 0.6 is 0 Å². The highest BCUT2D eigenvalue weighted by Crippen LogP contribution is 2.25. The molecule has 1 atom stereocenters. The van der Waals surface area contributed by atoms with Gasteiger partial charge in [-0.2, -0.15) is 0 Å². The fourth-order valence-corrected chi connectivity index (χ4v) is 2.66. The minimum atomic E-state index is -0.480. The first-order valence-corrected chi connectivity index (χ1v) is 7.45. The first kappa shape index (κ1) is 14.6. The van der Waals surface area contributed by atoms with E-state index in [0.717, 1.165) is 36.4 Å². The highest BCUT2D eigenvalue weighted by atomic mass is 16.6. The summed E-state index contributed by atoms with van der Waals surface area (Å²) in [4.78, 5) is 25.7. The van der Waals surface area contributed by atoms with Crippen molar-refractivity contribution in [3.8, 4) is 0 Å². The zero-order valence-electron chi connectivity index (χ0n) is 13.1. The van der Waals surface area contributed by atoms with Crippen LogP contribution in [0.3, 0.4) is 0 Å². The van der Waals surface area contributed by atoms with E-state index in [9.17, 15) is 4.79 Å². The summed E-state index contributed by atoms with van der Waals surface area (Å²) in [6, 6.07) is 2.04. The average Bonchev–Trinajstić information content (AvgIpc) is 3.04. The first-order valence-electron chi connectivity index (χ1n) is 7.45. The summed E-state index contributed by atoms with van der Waals surface area (Å²) in [5.74, 6) is 0.903. The number of aromatic amines is 1. The number of rotatable bonds is 2.